The molecule has 7 rings (SSSR count). The van der Waals surface area contributed by atoms with E-state index in [1.807, 2.05) is 71.9 Å². The van der Waals surface area contributed by atoms with E-state index < -0.39 is 0 Å². The van der Waals surface area contributed by atoms with Crippen LogP contribution in [0, 0.1) is 48.1 Å². The van der Waals surface area contributed by atoms with Crippen LogP contribution in [0.1, 0.15) is 34.9 Å². The minimum Gasteiger partial charge on any atom is -0.310 e. The SMILES string of the molecule is [C-]#[N+]c1cc(-n2c3cc(-c4nc(C)nc(C)n4)ccc3c3ccc(-c4nc(C)nc(C)n4)cc32)ccc1-c1nc(C)nc(C)n1. The second-order valence-electron chi connectivity index (χ2n) is 10.9. The first-order valence-corrected chi connectivity index (χ1v) is 14.4. The zero-order valence-electron chi connectivity index (χ0n) is 25.6. The van der Waals surface area contributed by atoms with E-state index in [1.54, 1.807) is 0 Å². The molecular formula is C34H27N11. The number of hydrogen-bond donors (Lipinski definition) is 0. The smallest absolute Gasteiger partial charge is 0.200 e. The summed E-state index contributed by atoms with van der Waals surface area (Å²) in [7, 11) is 0. The van der Waals surface area contributed by atoms with Crippen molar-refractivity contribution in [1.29, 1.82) is 0 Å². The van der Waals surface area contributed by atoms with Crippen LogP contribution < -0.4 is 0 Å². The molecule has 0 radical (unpaired) electrons. The molecule has 0 aliphatic heterocycles. The van der Waals surface area contributed by atoms with Gasteiger partial charge in [0.05, 0.1) is 17.6 Å². The summed E-state index contributed by atoms with van der Waals surface area (Å²) in [6.45, 7) is 19.2. The van der Waals surface area contributed by atoms with E-state index in [1.165, 1.54) is 0 Å². The summed E-state index contributed by atoms with van der Waals surface area (Å²) in [4.78, 5) is 44.4. The van der Waals surface area contributed by atoms with Crippen molar-refractivity contribution in [3.8, 4) is 39.9 Å². The molecule has 0 saturated heterocycles. The molecule has 4 aromatic heterocycles. The lowest BCUT2D eigenvalue weighted by molar-refractivity contribution is 0.928. The number of fused-ring (bicyclic) bond motifs is 3. The van der Waals surface area contributed by atoms with Crippen LogP contribution in [-0.2, 0) is 0 Å². The van der Waals surface area contributed by atoms with Gasteiger partial charge in [-0.15, -0.1) is 0 Å². The third-order valence-electron chi connectivity index (χ3n) is 7.46. The summed E-state index contributed by atoms with van der Waals surface area (Å²) in [5.74, 6) is 5.53. The van der Waals surface area contributed by atoms with Crippen molar-refractivity contribution >= 4 is 27.5 Å². The summed E-state index contributed by atoms with van der Waals surface area (Å²) in [6, 6.07) is 18.2. The summed E-state index contributed by atoms with van der Waals surface area (Å²) in [5, 5.41) is 2.09. The van der Waals surface area contributed by atoms with Crippen molar-refractivity contribution in [1.82, 2.24) is 49.4 Å². The van der Waals surface area contributed by atoms with Gasteiger partial charge in [-0.05, 0) is 65.8 Å². The van der Waals surface area contributed by atoms with Gasteiger partial charge < -0.3 is 4.57 Å². The largest absolute Gasteiger partial charge is 0.310 e. The molecule has 0 bridgehead atoms. The Morgan fingerprint density at radius 1 is 0.489 bits per heavy atom. The topological polar surface area (TPSA) is 125 Å². The Kier molecular flexibility index (Phi) is 6.55. The molecule has 0 aliphatic carbocycles. The highest BCUT2D eigenvalue weighted by Gasteiger charge is 2.19. The van der Waals surface area contributed by atoms with Crippen LogP contribution in [0.25, 0.3) is 66.5 Å². The highest BCUT2D eigenvalue weighted by Crippen LogP contribution is 2.38. The Hall–Kier alpha value is -6.02. The molecule has 0 atom stereocenters. The van der Waals surface area contributed by atoms with Crippen LogP contribution in [0.3, 0.4) is 0 Å². The van der Waals surface area contributed by atoms with Crippen molar-refractivity contribution < 1.29 is 0 Å². The second-order valence-corrected chi connectivity index (χ2v) is 10.9. The summed E-state index contributed by atoms with van der Waals surface area (Å²) in [6.07, 6.45) is 0. The van der Waals surface area contributed by atoms with E-state index in [2.05, 4.69) is 78.5 Å². The van der Waals surface area contributed by atoms with Gasteiger partial charge in [-0.1, -0.05) is 30.3 Å². The minimum absolute atomic E-state index is 0.437. The highest BCUT2D eigenvalue weighted by atomic mass is 15.0. The molecule has 0 unspecified atom stereocenters. The molecule has 11 nitrogen and oxygen atoms in total. The number of nitrogens with zero attached hydrogens (tertiary/aromatic N) is 11. The fourth-order valence-electron chi connectivity index (χ4n) is 5.74. The first kappa shape index (κ1) is 27.8. The third-order valence-corrected chi connectivity index (χ3v) is 7.46. The third kappa shape index (κ3) is 5.02. The average molecular weight is 590 g/mol. The molecule has 11 heteroatoms. The number of aromatic nitrogens is 10. The van der Waals surface area contributed by atoms with Gasteiger partial charge in [0, 0.05) is 33.2 Å². The number of aryl methyl sites for hydroxylation is 6. The Labute approximate surface area is 259 Å². The van der Waals surface area contributed by atoms with Gasteiger partial charge in [-0.3, -0.25) is 0 Å². The molecule has 0 saturated carbocycles. The number of benzene rings is 3. The molecule has 0 spiro atoms. The van der Waals surface area contributed by atoms with Crippen LogP contribution in [0.5, 0.6) is 0 Å². The van der Waals surface area contributed by atoms with E-state index in [4.69, 9.17) is 6.57 Å². The van der Waals surface area contributed by atoms with Crippen LogP contribution in [0.4, 0.5) is 5.69 Å². The number of hydrogen-bond acceptors (Lipinski definition) is 9. The normalized spacial score (nSPS) is 11.3. The van der Waals surface area contributed by atoms with Crippen LogP contribution >= 0.6 is 0 Å². The molecule has 218 valence electrons. The fraction of sp³-hybridized carbons (Fsp3) is 0.176. The molecule has 0 fully saturated rings. The maximum atomic E-state index is 8.06. The first-order valence-electron chi connectivity index (χ1n) is 14.4. The van der Waals surface area contributed by atoms with Gasteiger partial charge in [0.15, 0.2) is 23.2 Å². The van der Waals surface area contributed by atoms with Gasteiger partial charge in [-0.25, -0.2) is 49.7 Å². The Bertz CT molecular complexity index is 2200. The Morgan fingerprint density at radius 2 is 0.911 bits per heavy atom. The van der Waals surface area contributed by atoms with Gasteiger partial charge in [0.25, 0.3) is 0 Å². The zero-order valence-corrected chi connectivity index (χ0v) is 25.6. The summed E-state index contributed by atoms with van der Waals surface area (Å²) >= 11 is 0. The molecule has 0 aliphatic rings. The van der Waals surface area contributed by atoms with E-state index in [-0.39, 0.29) is 0 Å². The van der Waals surface area contributed by atoms with Gasteiger partial charge in [-0.2, -0.15) is 0 Å². The molecule has 7 aromatic rings. The van der Waals surface area contributed by atoms with E-state index in [9.17, 15) is 0 Å². The van der Waals surface area contributed by atoms with Crippen molar-refractivity contribution in [3.63, 3.8) is 0 Å². The van der Waals surface area contributed by atoms with Crippen molar-refractivity contribution in [2.45, 2.75) is 41.5 Å². The summed E-state index contributed by atoms with van der Waals surface area (Å²) < 4.78 is 2.15. The Morgan fingerprint density at radius 3 is 1.33 bits per heavy atom. The van der Waals surface area contributed by atoms with Crippen LogP contribution in [0.2, 0.25) is 0 Å². The molecule has 45 heavy (non-hydrogen) atoms. The van der Waals surface area contributed by atoms with Gasteiger partial charge in [0.2, 0.25) is 0 Å². The van der Waals surface area contributed by atoms with Gasteiger partial charge >= 0.3 is 0 Å². The maximum Gasteiger partial charge on any atom is 0.200 e. The van der Waals surface area contributed by atoms with Crippen molar-refractivity contribution in [2.75, 3.05) is 0 Å². The average Bonchev–Trinajstić information content (AvgIpc) is 3.32. The van der Waals surface area contributed by atoms with Gasteiger partial charge in [0.1, 0.15) is 34.9 Å². The quantitative estimate of drug-likeness (QED) is 0.205. The molecule has 0 amide bonds. The molecular weight excluding hydrogens is 562 g/mol. The zero-order chi connectivity index (χ0) is 31.4. The lowest BCUT2D eigenvalue weighted by Crippen LogP contribution is -2.01. The minimum atomic E-state index is 0.437. The highest BCUT2D eigenvalue weighted by molar-refractivity contribution is 6.11. The maximum absolute atomic E-state index is 8.06. The monoisotopic (exact) mass is 589 g/mol. The van der Waals surface area contributed by atoms with Crippen LogP contribution in [-0.4, -0.2) is 49.4 Å². The predicted molar refractivity (Wildman–Crippen MR) is 172 cm³/mol. The van der Waals surface area contributed by atoms with E-state index in [0.717, 1.165) is 38.6 Å². The first-order chi connectivity index (χ1) is 21.7. The molecule has 4 heterocycles. The summed E-state index contributed by atoms with van der Waals surface area (Å²) in [5.41, 5.74) is 5.50. The Balaban J connectivity index is 1.51. The van der Waals surface area contributed by atoms with Crippen molar-refractivity contribution in [2.24, 2.45) is 0 Å². The fourth-order valence-corrected chi connectivity index (χ4v) is 5.74. The lowest BCUT2D eigenvalue weighted by atomic mass is 10.1. The number of rotatable bonds is 4. The van der Waals surface area contributed by atoms with E-state index in [0.29, 0.717) is 63.7 Å². The standard InChI is InChI=1S/C34H27N11/c1-17-36-18(2)40-32(39-17)23-8-11-26-27-12-9-24(33-41-19(3)37-20(4)42-33)15-31(27)45(30(26)14-23)25-10-13-28(29(16-25)35-7)34-43-21(5)38-22(6)44-34/h8-16H,1-6H3. The van der Waals surface area contributed by atoms with Crippen molar-refractivity contribution in [3.05, 3.63) is 101 Å². The van der Waals surface area contributed by atoms with Crippen LogP contribution in [0.15, 0.2) is 54.6 Å². The molecule has 0 N–H and O–H groups in total. The second kappa shape index (κ2) is 10.6. The predicted octanol–water partition coefficient (Wildman–Crippen LogP) is 6.74. The molecule has 3 aromatic carbocycles. The van der Waals surface area contributed by atoms with E-state index >= 15 is 0 Å². The lowest BCUT2D eigenvalue weighted by Gasteiger charge is -2.12.